The van der Waals surface area contributed by atoms with Gasteiger partial charge < -0.3 is 0 Å². The van der Waals surface area contributed by atoms with Crippen LogP contribution in [0.5, 0.6) is 0 Å². The van der Waals surface area contributed by atoms with Gasteiger partial charge in [-0.1, -0.05) is 36.4 Å². The molecule has 1 fully saturated rings. The normalized spacial score (nSPS) is 33.0. The van der Waals surface area contributed by atoms with Crippen LogP contribution in [0.3, 0.4) is 0 Å². The Bertz CT molecular complexity index is 114. The number of likely N-dealkylation sites (tertiary alicyclic amines) is 1. The molecule has 0 aromatic carbocycles. The molecule has 2 unspecified atom stereocenters. The lowest BCUT2D eigenvalue weighted by atomic mass is 10.0. The molecule has 1 aliphatic rings. The van der Waals surface area contributed by atoms with Crippen LogP contribution in [-0.4, -0.2) is 28.5 Å². The van der Waals surface area contributed by atoms with E-state index in [9.17, 15) is 0 Å². The molecule has 11 heavy (non-hydrogen) atoms. The van der Waals surface area contributed by atoms with Crippen LogP contribution in [0.25, 0.3) is 0 Å². The molecule has 1 saturated heterocycles. The molecule has 2 atom stereocenters. The Balaban J connectivity index is 2.40. The maximum absolute atomic E-state index is 2.65. The van der Waals surface area contributed by atoms with Gasteiger partial charge >= 0.3 is 0 Å². The van der Waals surface area contributed by atoms with Crippen LogP contribution in [0.4, 0.5) is 0 Å². The molecule has 0 radical (unpaired) electrons. The molecule has 0 aliphatic carbocycles. The minimum Gasteiger partial charge on any atom is -0.299 e. The van der Waals surface area contributed by atoms with E-state index in [1.54, 1.807) is 0 Å². The molecule has 1 rings (SSSR count). The van der Waals surface area contributed by atoms with E-state index in [0.717, 1.165) is 12.0 Å². The number of nitrogens with zero attached hydrogens (tertiary/aromatic N) is 1. The molecule has 0 bridgehead atoms. The van der Waals surface area contributed by atoms with E-state index in [2.05, 4.69) is 41.3 Å². The number of hydrogen-bond donors (Lipinski definition) is 0. The highest BCUT2D eigenvalue weighted by atomic mass is 127. The smallest absolute Gasteiger partial charge is 0.0123 e. The summed E-state index contributed by atoms with van der Waals surface area (Å²) >= 11 is 2.47. The van der Waals surface area contributed by atoms with Gasteiger partial charge in [-0.25, -0.2) is 0 Å². The van der Waals surface area contributed by atoms with Crippen molar-refractivity contribution in [2.45, 2.75) is 32.7 Å². The van der Waals surface area contributed by atoms with Crippen LogP contribution in [0.15, 0.2) is 0 Å². The van der Waals surface area contributed by atoms with Crippen LogP contribution in [0.1, 0.15) is 26.7 Å². The van der Waals surface area contributed by atoms with Gasteiger partial charge in [0.15, 0.2) is 0 Å². The van der Waals surface area contributed by atoms with Crippen molar-refractivity contribution in [2.75, 3.05) is 17.5 Å². The Hall–Kier alpha value is 0.690. The minimum absolute atomic E-state index is 0.879. The van der Waals surface area contributed by atoms with Crippen molar-refractivity contribution in [3.8, 4) is 0 Å². The van der Waals surface area contributed by atoms with Gasteiger partial charge in [-0.15, -0.1) is 0 Å². The maximum atomic E-state index is 2.65. The Morgan fingerprint density at radius 1 is 1.55 bits per heavy atom. The largest absolute Gasteiger partial charge is 0.299 e. The second-order valence-electron chi connectivity index (χ2n) is 3.47. The molecule has 66 valence electrons. The molecular weight excluding hydrogens is 249 g/mol. The van der Waals surface area contributed by atoms with Gasteiger partial charge in [-0.05, 0) is 25.3 Å². The molecule has 0 aromatic rings. The Kier molecular flexibility index (Phi) is 4.13. The van der Waals surface area contributed by atoms with Crippen LogP contribution in [0.2, 0.25) is 0 Å². The summed E-state index contributed by atoms with van der Waals surface area (Å²) in [4.78, 5) is 2.65. The summed E-state index contributed by atoms with van der Waals surface area (Å²) in [5, 5.41) is 0. The number of halogens is 1. The predicted molar refractivity (Wildman–Crippen MR) is 58.3 cm³/mol. The zero-order valence-electron chi connectivity index (χ0n) is 7.52. The average molecular weight is 267 g/mol. The van der Waals surface area contributed by atoms with Crippen LogP contribution < -0.4 is 0 Å². The fourth-order valence-corrected chi connectivity index (χ4v) is 2.75. The fraction of sp³-hybridized carbons (Fsp3) is 1.00. The van der Waals surface area contributed by atoms with Crippen molar-refractivity contribution >= 4 is 22.6 Å². The third-order valence-electron chi connectivity index (χ3n) is 2.79. The number of alkyl halides is 1. The SMILES string of the molecule is CCC1C(C)CCN1CCI. The Morgan fingerprint density at radius 2 is 2.27 bits per heavy atom. The van der Waals surface area contributed by atoms with Crippen molar-refractivity contribution < 1.29 is 0 Å². The second-order valence-corrected chi connectivity index (χ2v) is 4.55. The highest BCUT2D eigenvalue weighted by Crippen LogP contribution is 2.25. The summed E-state index contributed by atoms with van der Waals surface area (Å²) in [5.74, 6) is 0.933. The Labute approximate surface area is 83.7 Å². The van der Waals surface area contributed by atoms with E-state index in [1.807, 2.05) is 0 Å². The van der Waals surface area contributed by atoms with E-state index in [0.29, 0.717) is 0 Å². The number of hydrogen-bond acceptors (Lipinski definition) is 1. The summed E-state index contributed by atoms with van der Waals surface area (Å²) in [5.41, 5.74) is 0. The molecule has 1 aliphatic heterocycles. The van der Waals surface area contributed by atoms with Crippen molar-refractivity contribution in [2.24, 2.45) is 5.92 Å². The quantitative estimate of drug-likeness (QED) is 0.561. The van der Waals surface area contributed by atoms with E-state index >= 15 is 0 Å². The molecule has 0 aromatic heterocycles. The monoisotopic (exact) mass is 267 g/mol. The van der Waals surface area contributed by atoms with Gasteiger partial charge in [0.2, 0.25) is 0 Å². The summed E-state index contributed by atoms with van der Waals surface area (Å²) in [6.07, 6.45) is 2.74. The summed E-state index contributed by atoms with van der Waals surface area (Å²) in [7, 11) is 0. The third-order valence-corrected chi connectivity index (χ3v) is 3.27. The Morgan fingerprint density at radius 3 is 2.82 bits per heavy atom. The first-order chi connectivity index (χ1) is 5.29. The molecule has 0 amide bonds. The van der Waals surface area contributed by atoms with Crippen molar-refractivity contribution in [1.82, 2.24) is 4.90 Å². The molecular formula is C9H18IN. The van der Waals surface area contributed by atoms with Gasteiger partial charge in [0.05, 0.1) is 0 Å². The van der Waals surface area contributed by atoms with Gasteiger partial charge in [-0.3, -0.25) is 4.90 Å². The topological polar surface area (TPSA) is 3.24 Å². The van der Waals surface area contributed by atoms with Crippen molar-refractivity contribution in [1.29, 1.82) is 0 Å². The van der Waals surface area contributed by atoms with Crippen LogP contribution in [-0.2, 0) is 0 Å². The molecule has 1 heterocycles. The number of rotatable bonds is 3. The zero-order valence-corrected chi connectivity index (χ0v) is 9.67. The van der Waals surface area contributed by atoms with Gasteiger partial charge in [0.1, 0.15) is 0 Å². The summed E-state index contributed by atoms with van der Waals surface area (Å²) in [6.45, 7) is 7.33. The zero-order chi connectivity index (χ0) is 8.27. The first-order valence-electron chi connectivity index (χ1n) is 4.59. The van der Waals surface area contributed by atoms with Crippen LogP contribution >= 0.6 is 22.6 Å². The van der Waals surface area contributed by atoms with E-state index in [-0.39, 0.29) is 0 Å². The summed E-state index contributed by atoms with van der Waals surface area (Å²) < 4.78 is 1.28. The molecule has 1 nitrogen and oxygen atoms in total. The highest BCUT2D eigenvalue weighted by Gasteiger charge is 2.28. The minimum atomic E-state index is 0.879. The molecule has 0 saturated carbocycles. The summed E-state index contributed by atoms with van der Waals surface area (Å²) in [6, 6.07) is 0.879. The lowest BCUT2D eigenvalue weighted by Crippen LogP contribution is -2.32. The highest BCUT2D eigenvalue weighted by molar-refractivity contribution is 14.1. The fourth-order valence-electron chi connectivity index (χ4n) is 2.13. The first kappa shape index (κ1) is 9.78. The van der Waals surface area contributed by atoms with Crippen LogP contribution in [0, 0.1) is 5.92 Å². The maximum Gasteiger partial charge on any atom is 0.0123 e. The van der Waals surface area contributed by atoms with Crippen molar-refractivity contribution in [3.63, 3.8) is 0 Å². The second kappa shape index (κ2) is 4.65. The molecule has 0 N–H and O–H groups in total. The van der Waals surface area contributed by atoms with E-state index in [1.165, 1.54) is 30.4 Å². The van der Waals surface area contributed by atoms with Gasteiger partial charge in [0.25, 0.3) is 0 Å². The first-order valence-corrected chi connectivity index (χ1v) is 6.12. The average Bonchev–Trinajstić information content (AvgIpc) is 2.33. The predicted octanol–water partition coefficient (Wildman–Crippen LogP) is 2.54. The van der Waals surface area contributed by atoms with E-state index < -0.39 is 0 Å². The standard InChI is InChI=1S/C9H18IN/c1-3-9-8(2)4-6-11(9)7-5-10/h8-9H,3-7H2,1-2H3. The molecule has 2 heteroatoms. The lowest BCUT2D eigenvalue weighted by Gasteiger charge is -2.24. The molecule has 0 spiro atoms. The van der Waals surface area contributed by atoms with Gasteiger partial charge in [0, 0.05) is 17.0 Å². The lowest BCUT2D eigenvalue weighted by molar-refractivity contribution is 0.239. The van der Waals surface area contributed by atoms with Crippen molar-refractivity contribution in [3.05, 3.63) is 0 Å². The van der Waals surface area contributed by atoms with Gasteiger partial charge in [-0.2, -0.15) is 0 Å². The third kappa shape index (κ3) is 2.31. The van der Waals surface area contributed by atoms with E-state index in [4.69, 9.17) is 0 Å².